The van der Waals surface area contributed by atoms with E-state index in [0.717, 1.165) is 5.56 Å². The van der Waals surface area contributed by atoms with Crippen LogP contribution in [0.4, 0.5) is 0 Å². The first-order valence-electron chi connectivity index (χ1n) is 6.49. The molecule has 0 saturated carbocycles. The smallest absolute Gasteiger partial charge is 0.339 e. The molecule has 4 heteroatoms. The Morgan fingerprint density at radius 2 is 1.53 bits per heavy atom. The first-order chi connectivity index (χ1) is 9.01. The fraction of sp³-hybridized carbons (Fsp3) is 0.467. The second-order valence-electron chi connectivity index (χ2n) is 4.40. The lowest BCUT2D eigenvalue weighted by Crippen LogP contribution is -2.14. The van der Waals surface area contributed by atoms with Crippen molar-refractivity contribution in [2.45, 2.75) is 33.6 Å². The van der Waals surface area contributed by atoms with Gasteiger partial charge in [0.05, 0.1) is 24.3 Å². The summed E-state index contributed by atoms with van der Waals surface area (Å²) in [5.41, 5.74) is 1.51. The number of rotatable bonds is 5. The molecule has 0 unspecified atom stereocenters. The van der Waals surface area contributed by atoms with Crippen molar-refractivity contribution in [2.75, 3.05) is 13.2 Å². The minimum absolute atomic E-state index is 0.254. The molecule has 4 nitrogen and oxygen atoms in total. The molecule has 0 atom stereocenters. The molecular weight excluding hydrogens is 244 g/mol. The molecule has 0 N–H and O–H groups in total. The molecule has 0 heterocycles. The molecule has 1 aromatic carbocycles. The monoisotopic (exact) mass is 264 g/mol. The third-order valence-corrected chi connectivity index (χ3v) is 2.70. The number of hydrogen-bond acceptors (Lipinski definition) is 4. The lowest BCUT2D eigenvalue weighted by Gasteiger charge is -2.12. The number of benzene rings is 1. The van der Waals surface area contributed by atoms with Gasteiger partial charge in [0.2, 0.25) is 0 Å². The summed E-state index contributed by atoms with van der Waals surface area (Å²) in [6.45, 7) is 8.04. The molecule has 0 saturated heterocycles. The van der Waals surface area contributed by atoms with Gasteiger partial charge in [0.25, 0.3) is 0 Å². The van der Waals surface area contributed by atoms with Gasteiger partial charge in [0, 0.05) is 0 Å². The van der Waals surface area contributed by atoms with Crippen LogP contribution in [0.3, 0.4) is 0 Å². The SMILES string of the molecule is CCOC(=O)c1ccc(C(C)C)cc1C(=O)OCC. The second kappa shape index (κ2) is 6.92. The molecule has 104 valence electrons. The van der Waals surface area contributed by atoms with Gasteiger partial charge in [-0.3, -0.25) is 0 Å². The van der Waals surface area contributed by atoms with E-state index in [1.54, 1.807) is 26.0 Å². The van der Waals surface area contributed by atoms with Crippen molar-refractivity contribution in [3.63, 3.8) is 0 Å². The highest BCUT2D eigenvalue weighted by molar-refractivity contribution is 6.03. The Bertz CT molecular complexity index is 463. The van der Waals surface area contributed by atoms with Crippen LogP contribution in [0.2, 0.25) is 0 Å². The summed E-state index contributed by atoms with van der Waals surface area (Å²) in [7, 11) is 0. The van der Waals surface area contributed by atoms with E-state index in [0.29, 0.717) is 0 Å². The third kappa shape index (κ3) is 3.81. The minimum atomic E-state index is -0.499. The van der Waals surface area contributed by atoms with Crippen molar-refractivity contribution < 1.29 is 19.1 Å². The van der Waals surface area contributed by atoms with Crippen LogP contribution in [0.1, 0.15) is 59.9 Å². The van der Waals surface area contributed by atoms with Crippen molar-refractivity contribution in [3.05, 3.63) is 34.9 Å². The highest BCUT2D eigenvalue weighted by atomic mass is 16.5. The van der Waals surface area contributed by atoms with Crippen molar-refractivity contribution in [1.82, 2.24) is 0 Å². The number of carbonyl (C=O) groups is 2. The Labute approximate surface area is 113 Å². The Morgan fingerprint density at radius 3 is 2.00 bits per heavy atom. The Hall–Kier alpha value is -1.84. The van der Waals surface area contributed by atoms with Gasteiger partial charge < -0.3 is 9.47 Å². The molecule has 0 radical (unpaired) electrons. The fourth-order valence-corrected chi connectivity index (χ4v) is 1.69. The zero-order chi connectivity index (χ0) is 14.4. The van der Waals surface area contributed by atoms with E-state index in [1.165, 1.54) is 0 Å². The van der Waals surface area contributed by atoms with Crippen LogP contribution >= 0.6 is 0 Å². The zero-order valence-corrected chi connectivity index (χ0v) is 11.9. The van der Waals surface area contributed by atoms with Gasteiger partial charge in [0.15, 0.2) is 0 Å². The van der Waals surface area contributed by atoms with Crippen molar-refractivity contribution in [3.8, 4) is 0 Å². The number of esters is 2. The highest BCUT2D eigenvalue weighted by Crippen LogP contribution is 2.20. The maximum absolute atomic E-state index is 11.9. The van der Waals surface area contributed by atoms with E-state index in [2.05, 4.69) is 0 Å². The largest absolute Gasteiger partial charge is 0.462 e. The molecule has 0 aliphatic carbocycles. The van der Waals surface area contributed by atoms with Crippen LogP contribution < -0.4 is 0 Å². The van der Waals surface area contributed by atoms with Crippen molar-refractivity contribution in [2.24, 2.45) is 0 Å². The van der Waals surface area contributed by atoms with Crippen molar-refractivity contribution >= 4 is 11.9 Å². The minimum Gasteiger partial charge on any atom is -0.462 e. The van der Waals surface area contributed by atoms with Crippen LogP contribution in [-0.2, 0) is 9.47 Å². The number of hydrogen-bond donors (Lipinski definition) is 0. The number of ether oxygens (including phenoxy) is 2. The molecule has 0 amide bonds. The third-order valence-electron chi connectivity index (χ3n) is 2.70. The van der Waals surface area contributed by atoms with Crippen LogP contribution in [0.5, 0.6) is 0 Å². The molecule has 0 aliphatic heterocycles. The number of carbonyl (C=O) groups excluding carboxylic acids is 2. The van der Waals surface area contributed by atoms with Crippen LogP contribution in [-0.4, -0.2) is 25.2 Å². The summed E-state index contributed by atoms with van der Waals surface area (Å²) in [5, 5.41) is 0. The molecule has 0 fully saturated rings. The average Bonchev–Trinajstić information content (AvgIpc) is 2.38. The molecular formula is C15H20O4. The molecule has 1 rings (SSSR count). The standard InChI is InChI=1S/C15H20O4/c1-5-18-14(16)12-8-7-11(10(3)4)9-13(12)15(17)19-6-2/h7-10H,5-6H2,1-4H3. The first kappa shape index (κ1) is 15.2. The van der Waals surface area contributed by atoms with Crippen LogP contribution in [0, 0.1) is 0 Å². The first-order valence-corrected chi connectivity index (χ1v) is 6.49. The molecule has 0 bridgehead atoms. The fourth-order valence-electron chi connectivity index (χ4n) is 1.69. The maximum atomic E-state index is 11.9. The van der Waals surface area contributed by atoms with E-state index in [1.807, 2.05) is 19.9 Å². The van der Waals surface area contributed by atoms with Gasteiger partial charge in [-0.15, -0.1) is 0 Å². The zero-order valence-electron chi connectivity index (χ0n) is 11.9. The Kier molecular flexibility index (Phi) is 5.55. The summed E-state index contributed by atoms with van der Waals surface area (Å²) in [6.07, 6.45) is 0. The molecule has 0 spiro atoms. The lowest BCUT2D eigenvalue weighted by molar-refractivity contribution is 0.0479. The summed E-state index contributed by atoms with van der Waals surface area (Å²) in [4.78, 5) is 23.7. The predicted octanol–water partition coefficient (Wildman–Crippen LogP) is 3.16. The molecule has 19 heavy (non-hydrogen) atoms. The van der Waals surface area contributed by atoms with Gasteiger partial charge in [-0.05, 0) is 37.5 Å². The van der Waals surface area contributed by atoms with Gasteiger partial charge in [-0.25, -0.2) is 9.59 Å². The summed E-state index contributed by atoms with van der Waals surface area (Å²) < 4.78 is 9.94. The second-order valence-corrected chi connectivity index (χ2v) is 4.40. The molecule has 0 aromatic heterocycles. The summed E-state index contributed by atoms with van der Waals surface area (Å²) in [6, 6.07) is 5.16. The van der Waals surface area contributed by atoms with E-state index in [4.69, 9.17) is 9.47 Å². The lowest BCUT2D eigenvalue weighted by atomic mass is 9.97. The summed E-state index contributed by atoms with van der Waals surface area (Å²) in [5.74, 6) is -0.724. The quantitative estimate of drug-likeness (QED) is 0.766. The topological polar surface area (TPSA) is 52.6 Å². The van der Waals surface area contributed by atoms with E-state index >= 15 is 0 Å². The van der Waals surface area contributed by atoms with Crippen molar-refractivity contribution in [1.29, 1.82) is 0 Å². The van der Waals surface area contributed by atoms with E-state index in [-0.39, 0.29) is 30.3 Å². The Balaban J connectivity index is 3.22. The van der Waals surface area contributed by atoms with E-state index < -0.39 is 11.9 Å². The molecule has 1 aromatic rings. The van der Waals surface area contributed by atoms with Gasteiger partial charge in [-0.2, -0.15) is 0 Å². The van der Waals surface area contributed by atoms with Crippen LogP contribution in [0.25, 0.3) is 0 Å². The van der Waals surface area contributed by atoms with E-state index in [9.17, 15) is 9.59 Å². The normalized spacial score (nSPS) is 10.4. The van der Waals surface area contributed by atoms with Gasteiger partial charge >= 0.3 is 11.9 Å². The maximum Gasteiger partial charge on any atom is 0.339 e. The predicted molar refractivity (Wildman–Crippen MR) is 72.4 cm³/mol. The Morgan fingerprint density at radius 1 is 1.00 bits per heavy atom. The highest BCUT2D eigenvalue weighted by Gasteiger charge is 2.20. The van der Waals surface area contributed by atoms with Crippen LogP contribution in [0.15, 0.2) is 18.2 Å². The van der Waals surface area contributed by atoms with Gasteiger partial charge in [0.1, 0.15) is 0 Å². The van der Waals surface area contributed by atoms with Gasteiger partial charge in [-0.1, -0.05) is 19.9 Å². The molecule has 0 aliphatic rings. The average molecular weight is 264 g/mol. The summed E-state index contributed by atoms with van der Waals surface area (Å²) >= 11 is 0.